The van der Waals surface area contributed by atoms with Gasteiger partial charge in [0.25, 0.3) is 5.24 Å². The monoisotopic (exact) mass is 209 g/mol. The fourth-order valence-corrected chi connectivity index (χ4v) is 1.83. The molecular formula is C11H15NOS. The number of aryl methyl sites for hydroxylation is 2. The lowest BCUT2D eigenvalue weighted by Crippen LogP contribution is -2.16. The van der Waals surface area contributed by atoms with Gasteiger partial charge in [0.15, 0.2) is 0 Å². The number of carbonyl (C=O) groups excluding carboxylic acids is 1. The summed E-state index contributed by atoms with van der Waals surface area (Å²) < 4.78 is 0. The molecule has 1 aromatic rings. The summed E-state index contributed by atoms with van der Waals surface area (Å²) in [6.07, 6.45) is 0. The molecular weight excluding hydrogens is 194 g/mol. The smallest absolute Gasteiger partial charge is 0.285 e. The van der Waals surface area contributed by atoms with Crippen LogP contribution in [0.2, 0.25) is 0 Å². The van der Waals surface area contributed by atoms with Crippen molar-refractivity contribution in [2.75, 3.05) is 14.1 Å². The molecule has 0 aliphatic carbocycles. The van der Waals surface area contributed by atoms with Crippen LogP contribution in [0.4, 0.5) is 4.79 Å². The fraction of sp³-hybridized carbons (Fsp3) is 0.364. The molecule has 0 bridgehead atoms. The Morgan fingerprint density at radius 2 is 1.93 bits per heavy atom. The van der Waals surface area contributed by atoms with Gasteiger partial charge in [-0.2, -0.15) is 0 Å². The van der Waals surface area contributed by atoms with E-state index in [9.17, 15) is 4.79 Å². The van der Waals surface area contributed by atoms with Crippen LogP contribution in [-0.2, 0) is 0 Å². The van der Waals surface area contributed by atoms with Gasteiger partial charge < -0.3 is 4.90 Å². The highest BCUT2D eigenvalue weighted by atomic mass is 32.2. The van der Waals surface area contributed by atoms with Crippen LogP contribution in [0.5, 0.6) is 0 Å². The molecule has 0 aliphatic rings. The maximum absolute atomic E-state index is 11.4. The number of amides is 1. The molecule has 0 fully saturated rings. The summed E-state index contributed by atoms with van der Waals surface area (Å²) in [5, 5.41) is 0.0666. The highest BCUT2D eigenvalue weighted by molar-refractivity contribution is 8.13. The highest BCUT2D eigenvalue weighted by Crippen LogP contribution is 2.24. The van der Waals surface area contributed by atoms with E-state index in [1.807, 2.05) is 19.1 Å². The number of nitrogens with zero attached hydrogens (tertiary/aromatic N) is 1. The Hall–Kier alpha value is -0.960. The number of benzene rings is 1. The van der Waals surface area contributed by atoms with Gasteiger partial charge in [-0.25, -0.2) is 0 Å². The molecule has 3 heteroatoms. The van der Waals surface area contributed by atoms with E-state index in [1.165, 1.54) is 17.3 Å². The van der Waals surface area contributed by atoms with Crippen LogP contribution in [0, 0.1) is 13.8 Å². The molecule has 0 saturated carbocycles. The van der Waals surface area contributed by atoms with Gasteiger partial charge >= 0.3 is 0 Å². The third kappa shape index (κ3) is 2.77. The Labute approximate surface area is 89.3 Å². The normalized spacial score (nSPS) is 10.0. The zero-order valence-electron chi connectivity index (χ0n) is 9.00. The van der Waals surface area contributed by atoms with E-state index in [4.69, 9.17) is 0 Å². The summed E-state index contributed by atoms with van der Waals surface area (Å²) >= 11 is 1.27. The standard InChI is InChI=1S/C11H15NOS/c1-8-5-6-10(9(2)7-8)14-11(13)12(3)4/h5-7H,1-4H3. The van der Waals surface area contributed by atoms with Gasteiger partial charge in [0.2, 0.25) is 0 Å². The second kappa shape index (κ2) is 4.51. The van der Waals surface area contributed by atoms with Crippen molar-refractivity contribution in [2.45, 2.75) is 18.7 Å². The second-order valence-corrected chi connectivity index (χ2v) is 4.52. The Kier molecular flexibility index (Phi) is 3.58. The van der Waals surface area contributed by atoms with E-state index < -0.39 is 0 Å². The largest absolute Gasteiger partial charge is 0.339 e. The molecule has 1 rings (SSSR count). The van der Waals surface area contributed by atoms with Gasteiger partial charge in [0.1, 0.15) is 0 Å². The lowest BCUT2D eigenvalue weighted by atomic mass is 10.2. The van der Waals surface area contributed by atoms with Gasteiger partial charge in [0, 0.05) is 19.0 Å². The first-order chi connectivity index (χ1) is 6.50. The minimum absolute atomic E-state index is 0.0666. The molecule has 1 aromatic carbocycles. The molecule has 0 saturated heterocycles. The van der Waals surface area contributed by atoms with Crippen molar-refractivity contribution in [1.82, 2.24) is 4.90 Å². The van der Waals surface area contributed by atoms with Crippen molar-refractivity contribution >= 4 is 17.0 Å². The molecule has 0 aromatic heterocycles. The molecule has 0 radical (unpaired) electrons. The van der Waals surface area contributed by atoms with Gasteiger partial charge in [-0.15, -0.1) is 0 Å². The maximum atomic E-state index is 11.4. The average Bonchev–Trinajstić information content (AvgIpc) is 2.09. The molecule has 0 N–H and O–H groups in total. The summed E-state index contributed by atoms with van der Waals surface area (Å²) in [5.41, 5.74) is 2.38. The molecule has 0 unspecified atom stereocenters. The van der Waals surface area contributed by atoms with Crippen LogP contribution < -0.4 is 0 Å². The quantitative estimate of drug-likeness (QED) is 0.662. The van der Waals surface area contributed by atoms with Gasteiger partial charge in [0.05, 0.1) is 0 Å². The minimum atomic E-state index is 0.0666. The van der Waals surface area contributed by atoms with Crippen LogP contribution in [0.1, 0.15) is 11.1 Å². The second-order valence-electron chi connectivity index (χ2n) is 3.53. The molecule has 1 amide bonds. The number of rotatable bonds is 1. The molecule has 0 atom stereocenters. The van der Waals surface area contributed by atoms with E-state index in [0.717, 1.165) is 10.5 Å². The Balaban J connectivity index is 2.82. The number of hydrogen-bond acceptors (Lipinski definition) is 2. The van der Waals surface area contributed by atoms with Crippen LogP contribution in [0.15, 0.2) is 23.1 Å². The van der Waals surface area contributed by atoms with Crippen molar-refractivity contribution in [3.63, 3.8) is 0 Å². The first kappa shape index (κ1) is 11.1. The zero-order chi connectivity index (χ0) is 10.7. The average molecular weight is 209 g/mol. The van der Waals surface area contributed by atoms with Crippen LogP contribution in [0.25, 0.3) is 0 Å². The number of thioether (sulfide) groups is 1. The predicted octanol–water partition coefficient (Wildman–Crippen LogP) is 3.08. The van der Waals surface area contributed by atoms with Crippen molar-refractivity contribution in [2.24, 2.45) is 0 Å². The maximum Gasteiger partial charge on any atom is 0.285 e. The molecule has 14 heavy (non-hydrogen) atoms. The van der Waals surface area contributed by atoms with Crippen molar-refractivity contribution in [1.29, 1.82) is 0 Å². The van der Waals surface area contributed by atoms with E-state index in [0.29, 0.717) is 0 Å². The molecule has 0 aliphatic heterocycles. The van der Waals surface area contributed by atoms with Crippen molar-refractivity contribution in [3.05, 3.63) is 29.3 Å². The topological polar surface area (TPSA) is 20.3 Å². The van der Waals surface area contributed by atoms with Gasteiger partial charge in [-0.1, -0.05) is 17.7 Å². The van der Waals surface area contributed by atoms with E-state index in [1.54, 1.807) is 19.0 Å². The van der Waals surface area contributed by atoms with Gasteiger partial charge in [-0.05, 0) is 37.2 Å². The SMILES string of the molecule is Cc1ccc(SC(=O)N(C)C)c(C)c1. The summed E-state index contributed by atoms with van der Waals surface area (Å²) in [6.45, 7) is 4.08. The van der Waals surface area contributed by atoms with Crippen LogP contribution in [-0.4, -0.2) is 24.2 Å². The number of hydrogen-bond donors (Lipinski definition) is 0. The molecule has 0 heterocycles. The first-order valence-corrected chi connectivity index (χ1v) is 5.28. The summed E-state index contributed by atoms with van der Waals surface area (Å²) in [4.78, 5) is 14.1. The predicted molar refractivity (Wildman–Crippen MR) is 60.9 cm³/mol. The lowest BCUT2D eigenvalue weighted by Gasteiger charge is -2.10. The van der Waals surface area contributed by atoms with E-state index >= 15 is 0 Å². The Morgan fingerprint density at radius 3 is 2.43 bits per heavy atom. The lowest BCUT2D eigenvalue weighted by molar-refractivity contribution is 0.241. The van der Waals surface area contributed by atoms with Crippen molar-refractivity contribution in [3.8, 4) is 0 Å². The first-order valence-electron chi connectivity index (χ1n) is 4.47. The van der Waals surface area contributed by atoms with Crippen LogP contribution in [0.3, 0.4) is 0 Å². The fourth-order valence-electron chi connectivity index (χ4n) is 1.10. The van der Waals surface area contributed by atoms with E-state index in [2.05, 4.69) is 13.0 Å². The third-order valence-corrected chi connectivity index (χ3v) is 3.11. The van der Waals surface area contributed by atoms with E-state index in [-0.39, 0.29) is 5.24 Å². The third-order valence-electron chi connectivity index (χ3n) is 1.89. The molecule has 0 spiro atoms. The number of carbonyl (C=O) groups is 1. The summed E-state index contributed by atoms with van der Waals surface area (Å²) in [5.74, 6) is 0. The van der Waals surface area contributed by atoms with Crippen molar-refractivity contribution < 1.29 is 4.79 Å². The molecule has 2 nitrogen and oxygen atoms in total. The summed E-state index contributed by atoms with van der Waals surface area (Å²) in [6, 6.07) is 6.11. The zero-order valence-corrected chi connectivity index (χ0v) is 9.81. The van der Waals surface area contributed by atoms with Gasteiger partial charge in [-0.3, -0.25) is 4.79 Å². The minimum Gasteiger partial charge on any atom is -0.339 e. The van der Waals surface area contributed by atoms with Crippen LogP contribution >= 0.6 is 11.8 Å². The Morgan fingerprint density at radius 1 is 1.29 bits per heavy atom. The Bertz CT molecular complexity index is 347. The highest BCUT2D eigenvalue weighted by Gasteiger charge is 2.08. The molecule has 76 valence electrons. The summed E-state index contributed by atoms with van der Waals surface area (Å²) in [7, 11) is 3.53.